The van der Waals surface area contributed by atoms with Gasteiger partial charge in [0, 0.05) is 5.69 Å². The fourth-order valence-corrected chi connectivity index (χ4v) is 1.04. The van der Waals surface area contributed by atoms with Gasteiger partial charge in [0.05, 0.1) is 0 Å². The molecule has 0 fully saturated rings. The molecule has 0 saturated heterocycles. The number of hydrogen-bond donors (Lipinski definition) is 3. The van der Waals surface area contributed by atoms with Crippen LogP contribution in [0.15, 0.2) is 4.79 Å². The second kappa shape index (κ2) is 2.07. The van der Waals surface area contributed by atoms with Crippen LogP contribution in [0.1, 0.15) is 5.69 Å². The van der Waals surface area contributed by atoms with E-state index < -0.39 is 5.69 Å². The molecular formula is C6H6N4O2. The molecule has 12 heavy (non-hydrogen) atoms. The molecule has 2 heterocycles. The highest BCUT2D eigenvalue weighted by Crippen LogP contribution is 2.17. The number of rotatable bonds is 0. The Labute approximate surface area is 66.7 Å². The number of aromatic hydroxyl groups is 1. The number of aryl methyl sites for hydroxylation is 1. The third-order valence-corrected chi connectivity index (χ3v) is 1.55. The lowest BCUT2D eigenvalue weighted by atomic mass is 10.3. The van der Waals surface area contributed by atoms with Crippen LogP contribution in [0.5, 0.6) is 6.01 Å². The van der Waals surface area contributed by atoms with E-state index in [1.165, 1.54) is 0 Å². The largest absolute Gasteiger partial charge is 0.480 e. The predicted octanol–water partition coefficient (Wildman–Crippen LogP) is -0.388. The second-order valence-corrected chi connectivity index (χ2v) is 2.43. The molecule has 0 aromatic heterocycles. The molecule has 2 aliphatic rings. The number of aromatic nitrogens is 4. The van der Waals surface area contributed by atoms with Crippen molar-refractivity contribution in [2.24, 2.45) is 0 Å². The quantitative estimate of drug-likeness (QED) is 0.496. The van der Waals surface area contributed by atoms with E-state index >= 15 is 0 Å². The van der Waals surface area contributed by atoms with Crippen molar-refractivity contribution >= 4 is 0 Å². The molecule has 2 aliphatic heterocycles. The Morgan fingerprint density at radius 2 is 2.08 bits per heavy atom. The van der Waals surface area contributed by atoms with E-state index in [-0.39, 0.29) is 11.8 Å². The predicted molar refractivity (Wildman–Crippen MR) is 40.0 cm³/mol. The molecule has 0 atom stereocenters. The maximum atomic E-state index is 10.8. The Hall–Kier alpha value is -1.85. The molecule has 2 rings (SSSR count). The number of fused-ring (bicyclic) bond motifs is 1. The van der Waals surface area contributed by atoms with Crippen LogP contribution in [0.3, 0.4) is 0 Å². The average molecular weight is 166 g/mol. The Kier molecular flexibility index (Phi) is 1.18. The van der Waals surface area contributed by atoms with E-state index in [2.05, 4.69) is 19.9 Å². The van der Waals surface area contributed by atoms with Gasteiger partial charge in [0.15, 0.2) is 5.82 Å². The molecule has 0 spiro atoms. The molecule has 0 amide bonds. The number of nitrogens with one attached hydrogen (secondary N) is 2. The molecule has 6 heteroatoms. The van der Waals surface area contributed by atoms with E-state index in [0.717, 1.165) is 0 Å². The monoisotopic (exact) mass is 166 g/mol. The molecule has 0 aromatic carbocycles. The van der Waals surface area contributed by atoms with Gasteiger partial charge in [0.25, 0.3) is 6.01 Å². The first-order valence-corrected chi connectivity index (χ1v) is 3.32. The maximum absolute atomic E-state index is 10.8. The highest BCUT2D eigenvalue weighted by Gasteiger charge is 2.12. The van der Waals surface area contributed by atoms with E-state index in [1.807, 2.05) is 0 Å². The summed E-state index contributed by atoms with van der Waals surface area (Å²) < 4.78 is 0. The summed E-state index contributed by atoms with van der Waals surface area (Å²) in [6.07, 6.45) is 0. The normalized spacial score (nSPS) is 10.8. The van der Waals surface area contributed by atoms with E-state index in [0.29, 0.717) is 11.4 Å². The number of nitrogens with zero attached hydrogens (tertiary/aromatic N) is 2. The van der Waals surface area contributed by atoms with E-state index in [9.17, 15) is 4.79 Å². The molecule has 3 N–H and O–H groups in total. The van der Waals surface area contributed by atoms with Gasteiger partial charge in [-0.15, -0.1) is 0 Å². The molecule has 0 unspecified atom stereocenters. The second-order valence-electron chi connectivity index (χ2n) is 2.43. The van der Waals surface area contributed by atoms with E-state index in [1.54, 1.807) is 6.92 Å². The van der Waals surface area contributed by atoms with Gasteiger partial charge in [-0.05, 0) is 6.92 Å². The first kappa shape index (κ1) is 6.84. The molecule has 6 nitrogen and oxygen atoms in total. The topological polar surface area (TPSA) is 94.7 Å². The van der Waals surface area contributed by atoms with Crippen molar-refractivity contribution in [1.82, 2.24) is 19.9 Å². The van der Waals surface area contributed by atoms with E-state index in [4.69, 9.17) is 5.11 Å². The summed E-state index contributed by atoms with van der Waals surface area (Å²) in [7, 11) is 0. The van der Waals surface area contributed by atoms with Gasteiger partial charge in [0.1, 0.15) is 5.69 Å². The fraction of sp³-hybridized carbons (Fsp3) is 0.167. The van der Waals surface area contributed by atoms with Crippen molar-refractivity contribution in [3.63, 3.8) is 0 Å². The SMILES string of the molecule is Cc1[nH]c(O)nc2nc(=O)[nH]c1-2. The zero-order valence-electron chi connectivity index (χ0n) is 6.25. The number of aromatic amines is 2. The van der Waals surface area contributed by atoms with Crippen molar-refractivity contribution in [2.45, 2.75) is 6.92 Å². The minimum absolute atomic E-state index is 0.230. The van der Waals surface area contributed by atoms with Crippen molar-refractivity contribution in [2.75, 3.05) is 0 Å². The zero-order valence-corrected chi connectivity index (χ0v) is 6.25. The van der Waals surface area contributed by atoms with Crippen LogP contribution in [0.4, 0.5) is 0 Å². The summed E-state index contributed by atoms with van der Waals surface area (Å²) in [5, 5.41) is 9.00. The van der Waals surface area contributed by atoms with Gasteiger partial charge in [0.2, 0.25) is 0 Å². The highest BCUT2D eigenvalue weighted by atomic mass is 16.3. The average Bonchev–Trinajstić information content (AvgIpc) is 2.29. The van der Waals surface area contributed by atoms with Crippen LogP contribution in [0, 0.1) is 6.92 Å². The van der Waals surface area contributed by atoms with Crippen LogP contribution in [0.25, 0.3) is 11.5 Å². The minimum Gasteiger partial charge on any atom is -0.480 e. The summed E-state index contributed by atoms with van der Waals surface area (Å²) >= 11 is 0. The van der Waals surface area contributed by atoms with Crippen LogP contribution in [-0.2, 0) is 0 Å². The summed E-state index contributed by atoms with van der Waals surface area (Å²) in [6.45, 7) is 1.71. The molecule has 62 valence electrons. The lowest BCUT2D eigenvalue weighted by Crippen LogP contribution is -1.99. The van der Waals surface area contributed by atoms with Gasteiger partial charge < -0.3 is 15.1 Å². The molecule has 0 radical (unpaired) electrons. The zero-order chi connectivity index (χ0) is 8.72. The van der Waals surface area contributed by atoms with Gasteiger partial charge in [-0.2, -0.15) is 9.97 Å². The van der Waals surface area contributed by atoms with Crippen molar-refractivity contribution < 1.29 is 5.11 Å². The Morgan fingerprint density at radius 1 is 1.33 bits per heavy atom. The first-order chi connectivity index (χ1) is 5.66. The summed E-state index contributed by atoms with van der Waals surface area (Å²) in [4.78, 5) is 22.9. The highest BCUT2D eigenvalue weighted by molar-refractivity contribution is 5.53. The molecule has 0 aromatic rings. The van der Waals surface area contributed by atoms with Crippen LogP contribution >= 0.6 is 0 Å². The molecular weight excluding hydrogens is 160 g/mol. The number of imidazole rings is 1. The standard InChI is InChI=1S/C6H6N4O2/c1-2-3-4(9-5(11)7-2)10-6(12)8-3/h1H3,(H3,7,8,9,10,11,12). The third-order valence-electron chi connectivity index (χ3n) is 1.55. The molecule has 0 aliphatic carbocycles. The molecule has 0 saturated carbocycles. The summed E-state index contributed by atoms with van der Waals surface area (Å²) in [5.74, 6) is 0.230. The Morgan fingerprint density at radius 3 is 2.83 bits per heavy atom. The van der Waals surface area contributed by atoms with Gasteiger partial charge in [-0.25, -0.2) is 4.79 Å². The van der Waals surface area contributed by atoms with Crippen molar-refractivity contribution in [3.05, 3.63) is 16.2 Å². The number of hydrogen-bond acceptors (Lipinski definition) is 4. The van der Waals surface area contributed by atoms with Gasteiger partial charge >= 0.3 is 5.69 Å². The Balaban J connectivity index is 2.88. The van der Waals surface area contributed by atoms with Crippen molar-refractivity contribution in [3.8, 4) is 17.5 Å². The van der Waals surface area contributed by atoms with Crippen LogP contribution in [-0.4, -0.2) is 25.0 Å². The van der Waals surface area contributed by atoms with Crippen LogP contribution in [0.2, 0.25) is 0 Å². The van der Waals surface area contributed by atoms with Gasteiger partial charge in [-0.1, -0.05) is 0 Å². The lowest BCUT2D eigenvalue weighted by Gasteiger charge is -2.00. The van der Waals surface area contributed by atoms with Crippen molar-refractivity contribution in [1.29, 1.82) is 0 Å². The fourth-order valence-electron chi connectivity index (χ4n) is 1.04. The lowest BCUT2D eigenvalue weighted by molar-refractivity contribution is 0.429. The smallest absolute Gasteiger partial charge is 0.347 e. The summed E-state index contributed by atoms with van der Waals surface area (Å²) in [5.41, 5.74) is 0.699. The number of H-pyrrole nitrogens is 2. The van der Waals surface area contributed by atoms with Gasteiger partial charge in [-0.3, -0.25) is 0 Å². The summed E-state index contributed by atoms with van der Waals surface area (Å²) in [6, 6.07) is -0.244. The molecule has 0 bridgehead atoms. The van der Waals surface area contributed by atoms with Crippen LogP contribution < -0.4 is 5.69 Å². The minimum atomic E-state index is -0.459. The first-order valence-electron chi connectivity index (χ1n) is 3.32. The third kappa shape index (κ3) is 0.849. The Bertz CT molecular complexity index is 444. The maximum Gasteiger partial charge on any atom is 0.347 e.